The molecule has 0 aromatic carbocycles. The van der Waals surface area contributed by atoms with Gasteiger partial charge in [0.1, 0.15) is 0 Å². The van der Waals surface area contributed by atoms with Crippen molar-refractivity contribution in [3.05, 3.63) is 0 Å². The van der Waals surface area contributed by atoms with Crippen molar-refractivity contribution in [1.82, 2.24) is 0 Å². The van der Waals surface area contributed by atoms with Gasteiger partial charge in [-0.3, -0.25) is 0 Å². The summed E-state index contributed by atoms with van der Waals surface area (Å²) in [5.41, 5.74) is 0. The molecule has 0 saturated carbocycles. The molecular weight excluding hydrogens is 346 g/mol. The van der Waals surface area contributed by atoms with E-state index >= 15 is 0 Å². The number of carboxylic acids is 2. The maximum atomic E-state index is 8.89. The van der Waals surface area contributed by atoms with Crippen LogP contribution in [-0.4, -0.2) is 22.3 Å². The van der Waals surface area contributed by atoms with Gasteiger partial charge in [-0.05, 0) is 24.2 Å². The fraction of sp³-hybridized carbons (Fsp3) is 0.833. The molecule has 0 bridgehead atoms. The van der Waals surface area contributed by atoms with Gasteiger partial charge in [0.15, 0.2) is 0 Å². The van der Waals surface area contributed by atoms with E-state index in [1.807, 2.05) is 0 Å². The van der Waals surface area contributed by atoms with E-state index in [2.05, 4.69) is 41.5 Å². The standard InChI is InChI=1S/C8H19P.2C2H4O2.Pd/c1-7(2,3)9-8(4,5)6;2*1-2(3)4;/h9H,1-6H3;2*1H3,(H,3,4);/q;;;+2/p-2. The molecule has 0 aromatic rings. The van der Waals surface area contributed by atoms with Gasteiger partial charge in [0.05, 0.1) is 0 Å². The molecule has 6 heteroatoms. The molecule has 0 aliphatic heterocycles. The molecule has 0 unspecified atom stereocenters. The fourth-order valence-corrected chi connectivity index (χ4v) is 3.38. The molecule has 0 aliphatic rings. The third-order valence-corrected chi connectivity index (χ3v) is 2.25. The first-order valence-electron chi connectivity index (χ1n) is 5.32. The summed E-state index contributed by atoms with van der Waals surface area (Å²) in [6.07, 6.45) is 0. The van der Waals surface area contributed by atoms with Crippen molar-refractivity contribution in [1.29, 1.82) is 0 Å². The van der Waals surface area contributed by atoms with E-state index in [9.17, 15) is 0 Å². The van der Waals surface area contributed by atoms with E-state index in [0.717, 1.165) is 22.4 Å². The summed E-state index contributed by atoms with van der Waals surface area (Å²) in [7, 11) is 1.05. The minimum atomic E-state index is -1.08. The smallest absolute Gasteiger partial charge is 0.550 e. The maximum absolute atomic E-state index is 8.89. The van der Waals surface area contributed by atoms with Crippen LogP contribution in [0.5, 0.6) is 0 Å². The summed E-state index contributed by atoms with van der Waals surface area (Å²) in [6.45, 7) is 15.8. The Morgan fingerprint density at radius 2 is 0.889 bits per heavy atom. The van der Waals surface area contributed by atoms with E-state index in [4.69, 9.17) is 19.8 Å². The minimum absolute atomic E-state index is 0. The van der Waals surface area contributed by atoms with Gasteiger partial charge in [0.2, 0.25) is 0 Å². The maximum Gasteiger partial charge on any atom is 2.00 e. The second-order valence-corrected chi connectivity index (χ2v) is 8.86. The van der Waals surface area contributed by atoms with Crippen molar-refractivity contribution in [2.75, 3.05) is 0 Å². The van der Waals surface area contributed by atoms with Crippen molar-refractivity contribution < 1.29 is 40.2 Å². The molecule has 0 fully saturated rings. The monoisotopic (exact) mass is 370 g/mol. The number of hydrogen-bond donors (Lipinski definition) is 0. The Morgan fingerprint density at radius 3 is 0.889 bits per heavy atom. The van der Waals surface area contributed by atoms with E-state index in [1.54, 1.807) is 0 Å². The van der Waals surface area contributed by atoms with Crippen LogP contribution in [-0.2, 0) is 30.0 Å². The molecule has 4 nitrogen and oxygen atoms in total. The van der Waals surface area contributed by atoms with Crippen LogP contribution in [0.15, 0.2) is 0 Å². The SMILES string of the molecule is CC(=O)[O-].CC(=O)[O-].CC(C)(C)PC(C)(C)C.[Pd+2]. The first kappa shape index (κ1) is 26.6. The van der Waals surface area contributed by atoms with Crippen molar-refractivity contribution >= 4 is 20.5 Å². The van der Waals surface area contributed by atoms with E-state index < -0.39 is 11.9 Å². The van der Waals surface area contributed by atoms with Crippen molar-refractivity contribution in [3.8, 4) is 0 Å². The average molecular weight is 371 g/mol. The molecule has 0 atom stereocenters. The summed E-state index contributed by atoms with van der Waals surface area (Å²) in [6, 6.07) is 0. The van der Waals surface area contributed by atoms with Crippen LogP contribution in [0.4, 0.5) is 0 Å². The van der Waals surface area contributed by atoms with Crippen LogP contribution in [0, 0.1) is 0 Å². The quantitative estimate of drug-likeness (QED) is 0.466. The molecule has 0 radical (unpaired) electrons. The van der Waals surface area contributed by atoms with Crippen LogP contribution in [0.25, 0.3) is 0 Å². The first-order chi connectivity index (χ1) is 7.17. The van der Waals surface area contributed by atoms with Crippen LogP contribution in [0.1, 0.15) is 55.4 Å². The number of carboxylic acid groups (broad SMARTS) is 2. The number of carbonyl (C=O) groups excluding carboxylic acids is 2. The second-order valence-electron chi connectivity index (χ2n) is 5.61. The third-order valence-electron chi connectivity index (χ3n) is 0.750. The molecule has 0 rings (SSSR count). The molecule has 0 saturated heterocycles. The van der Waals surface area contributed by atoms with Gasteiger partial charge < -0.3 is 19.8 Å². The third kappa shape index (κ3) is 99.6. The van der Waals surface area contributed by atoms with Gasteiger partial charge in [-0.25, -0.2) is 0 Å². The summed E-state index contributed by atoms with van der Waals surface area (Å²) < 4.78 is 0. The Labute approximate surface area is 126 Å². The summed E-state index contributed by atoms with van der Waals surface area (Å²) >= 11 is 0. The van der Waals surface area contributed by atoms with Crippen molar-refractivity contribution in [2.45, 2.75) is 65.7 Å². The minimum Gasteiger partial charge on any atom is -0.550 e. The topological polar surface area (TPSA) is 80.3 Å². The van der Waals surface area contributed by atoms with E-state index in [1.165, 1.54) is 0 Å². The Morgan fingerprint density at radius 1 is 0.778 bits per heavy atom. The Bertz CT molecular complexity index is 197. The van der Waals surface area contributed by atoms with E-state index in [-0.39, 0.29) is 20.4 Å². The predicted octanol–water partition coefficient (Wildman–Crippen LogP) is 0.772. The number of aliphatic carboxylic acids is 2. The summed E-state index contributed by atoms with van der Waals surface area (Å²) in [4.78, 5) is 17.8. The molecule has 0 aliphatic carbocycles. The molecule has 0 N–H and O–H groups in total. The zero-order valence-electron chi connectivity index (χ0n) is 12.4. The molecule has 0 spiro atoms. The zero-order chi connectivity index (χ0) is 14.9. The number of carbonyl (C=O) groups is 2. The second kappa shape index (κ2) is 12.1. The molecule has 0 aromatic heterocycles. The van der Waals surface area contributed by atoms with Gasteiger partial charge in [-0.1, -0.05) is 41.5 Å². The van der Waals surface area contributed by atoms with Crippen LogP contribution >= 0.6 is 8.58 Å². The van der Waals surface area contributed by atoms with Crippen LogP contribution in [0.3, 0.4) is 0 Å². The fourth-order valence-electron chi connectivity index (χ4n) is 1.12. The zero-order valence-corrected chi connectivity index (χ0v) is 15.0. The number of rotatable bonds is 0. The molecule has 0 heterocycles. The van der Waals surface area contributed by atoms with Gasteiger partial charge in [-0.15, -0.1) is 8.58 Å². The molecule has 112 valence electrons. The Kier molecular flexibility index (Phi) is 17.8. The van der Waals surface area contributed by atoms with Crippen molar-refractivity contribution in [3.63, 3.8) is 0 Å². The summed E-state index contributed by atoms with van der Waals surface area (Å²) in [5, 5.41) is 18.8. The van der Waals surface area contributed by atoms with Crippen LogP contribution in [0.2, 0.25) is 0 Å². The average Bonchev–Trinajstić information content (AvgIpc) is 1.70. The Balaban J connectivity index is -0.0000000922. The van der Waals surface area contributed by atoms with Gasteiger partial charge in [-0.2, -0.15) is 0 Å². The van der Waals surface area contributed by atoms with Crippen molar-refractivity contribution in [2.24, 2.45) is 0 Å². The normalized spacial score (nSPS) is 9.78. The predicted molar refractivity (Wildman–Crippen MR) is 69.2 cm³/mol. The van der Waals surface area contributed by atoms with Crippen LogP contribution < -0.4 is 10.2 Å². The van der Waals surface area contributed by atoms with Gasteiger partial charge >= 0.3 is 20.4 Å². The number of hydrogen-bond acceptors (Lipinski definition) is 4. The van der Waals surface area contributed by atoms with Gasteiger partial charge in [0.25, 0.3) is 0 Å². The largest absolute Gasteiger partial charge is 2.00 e. The molecule has 0 amide bonds. The molecule has 18 heavy (non-hydrogen) atoms. The first-order valence-corrected chi connectivity index (χ1v) is 6.32. The Hall–Kier alpha value is 0.0323. The molecular formula is C12H25O4PPd. The van der Waals surface area contributed by atoms with E-state index in [0.29, 0.717) is 10.3 Å². The summed E-state index contributed by atoms with van der Waals surface area (Å²) in [5.74, 6) is -2.17. The van der Waals surface area contributed by atoms with Gasteiger partial charge in [0, 0.05) is 11.9 Å².